The molecule has 0 unspecified atom stereocenters. The van der Waals surface area contributed by atoms with Crippen LogP contribution in [0.3, 0.4) is 0 Å². The van der Waals surface area contributed by atoms with Crippen molar-refractivity contribution >= 4 is 23.0 Å². The smallest absolute Gasteiger partial charge is 0.387 e. The third-order valence-corrected chi connectivity index (χ3v) is 5.02. The van der Waals surface area contributed by atoms with Gasteiger partial charge in [0.25, 0.3) is 0 Å². The van der Waals surface area contributed by atoms with Crippen LogP contribution in [0.1, 0.15) is 11.1 Å². The van der Waals surface area contributed by atoms with E-state index in [0.29, 0.717) is 10.8 Å². The molecule has 0 bridgehead atoms. The van der Waals surface area contributed by atoms with Crippen LogP contribution in [0.5, 0.6) is 5.75 Å². The molecule has 27 heavy (non-hydrogen) atoms. The molecule has 7 heteroatoms. The van der Waals surface area contributed by atoms with Crippen molar-refractivity contribution in [3.05, 3.63) is 59.7 Å². The Bertz CT molecular complexity index is 779. The number of alkyl halides is 2. The van der Waals surface area contributed by atoms with Crippen LogP contribution >= 0.6 is 12.2 Å². The van der Waals surface area contributed by atoms with Crippen LogP contribution in [0.15, 0.2) is 48.5 Å². The first kappa shape index (κ1) is 19.5. The fraction of sp³-hybridized carbons (Fsp3) is 0.350. The van der Waals surface area contributed by atoms with E-state index in [1.165, 1.54) is 17.2 Å². The number of nitrogens with one attached hydrogen (secondary N) is 1. The van der Waals surface area contributed by atoms with E-state index in [0.717, 1.165) is 32.7 Å². The zero-order valence-electron chi connectivity index (χ0n) is 15.2. The molecule has 4 nitrogen and oxygen atoms in total. The quantitative estimate of drug-likeness (QED) is 0.775. The highest BCUT2D eigenvalue weighted by atomic mass is 32.1. The maximum atomic E-state index is 12.5. The lowest BCUT2D eigenvalue weighted by Crippen LogP contribution is -2.49. The Hall–Kier alpha value is -2.25. The number of halogens is 2. The summed E-state index contributed by atoms with van der Waals surface area (Å²) in [6.07, 6.45) is 0. The number of hydrogen-bond acceptors (Lipinski definition) is 3. The minimum atomic E-state index is -2.87. The lowest BCUT2D eigenvalue weighted by molar-refractivity contribution is -0.0493. The molecular weight excluding hydrogens is 368 g/mol. The van der Waals surface area contributed by atoms with E-state index >= 15 is 0 Å². The third kappa shape index (κ3) is 5.37. The van der Waals surface area contributed by atoms with Gasteiger partial charge in [-0.2, -0.15) is 8.78 Å². The summed E-state index contributed by atoms with van der Waals surface area (Å²) in [5, 5.41) is 3.56. The molecule has 144 valence electrons. The molecule has 3 rings (SSSR count). The molecule has 0 spiro atoms. The van der Waals surface area contributed by atoms with E-state index in [1.807, 2.05) is 0 Å². The van der Waals surface area contributed by atoms with Crippen LogP contribution < -0.4 is 10.1 Å². The first-order chi connectivity index (χ1) is 13.0. The molecule has 1 fully saturated rings. The predicted octanol–water partition coefficient (Wildman–Crippen LogP) is 4.11. The maximum Gasteiger partial charge on any atom is 0.387 e. The van der Waals surface area contributed by atoms with Gasteiger partial charge in [-0.3, -0.25) is 4.90 Å². The second kappa shape index (κ2) is 9.10. The molecule has 1 aliphatic heterocycles. The zero-order chi connectivity index (χ0) is 19.2. The van der Waals surface area contributed by atoms with Gasteiger partial charge in [-0.05, 0) is 42.4 Å². The summed E-state index contributed by atoms with van der Waals surface area (Å²) < 4.78 is 29.6. The van der Waals surface area contributed by atoms with Gasteiger partial charge in [-0.25, -0.2) is 0 Å². The molecule has 0 amide bonds. The first-order valence-electron chi connectivity index (χ1n) is 8.89. The van der Waals surface area contributed by atoms with Crippen LogP contribution in [0.2, 0.25) is 0 Å². The van der Waals surface area contributed by atoms with Gasteiger partial charge in [0.2, 0.25) is 0 Å². The van der Waals surface area contributed by atoms with Crippen molar-refractivity contribution in [1.29, 1.82) is 0 Å². The van der Waals surface area contributed by atoms with E-state index in [2.05, 4.69) is 51.0 Å². The van der Waals surface area contributed by atoms with Crippen LogP contribution in [-0.2, 0) is 6.54 Å². The maximum absolute atomic E-state index is 12.5. The number of piperazine rings is 1. The van der Waals surface area contributed by atoms with Crippen molar-refractivity contribution in [2.75, 3.05) is 31.5 Å². The van der Waals surface area contributed by atoms with Crippen LogP contribution in [0, 0.1) is 6.92 Å². The average Bonchev–Trinajstić information content (AvgIpc) is 2.65. The van der Waals surface area contributed by atoms with E-state index in [9.17, 15) is 8.78 Å². The summed E-state index contributed by atoms with van der Waals surface area (Å²) in [6, 6.07) is 15.0. The molecule has 1 heterocycles. The average molecular weight is 391 g/mol. The third-order valence-electron chi connectivity index (χ3n) is 4.66. The highest BCUT2D eigenvalue weighted by Gasteiger charge is 2.20. The highest BCUT2D eigenvalue weighted by Crippen LogP contribution is 2.26. The number of rotatable bonds is 5. The second-order valence-corrected chi connectivity index (χ2v) is 6.88. The van der Waals surface area contributed by atoms with E-state index in [1.54, 1.807) is 18.2 Å². The van der Waals surface area contributed by atoms with Crippen molar-refractivity contribution in [3.8, 4) is 5.75 Å². The van der Waals surface area contributed by atoms with Gasteiger partial charge in [0.15, 0.2) is 5.11 Å². The molecule has 0 atom stereocenters. The summed E-state index contributed by atoms with van der Waals surface area (Å²) in [7, 11) is 0. The monoisotopic (exact) mass is 391 g/mol. The molecule has 0 radical (unpaired) electrons. The molecule has 0 aromatic heterocycles. The SMILES string of the molecule is Cc1ccccc1CN1CCN(C(=S)Nc2ccccc2OC(F)F)CC1. The van der Waals surface area contributed by atoms with Crippen molar-refractivity contribution in [1.82, 2.24) is 9.80 Å². The Labute approximate surface area is 163 Å². The highest BCUT2D eigenvalue weighted by molar-refractivity contribution is 7.80. The Morgan fingerprint density at radius 1 is 1.07 bits per heavy atom. The van der Waals surface area contributed by atoms with Gasteiger partial charge in [0.05, 0.1) is 5.69 Å². The lowest BCUT2D eigenvalue weighted by Gasteiger charge is -2.36. The summed E-state index contributed by atoms with van der Waals surface area (Å²) in [4.78, 5) is 4.46. The van der Waals surface area contributed by atoms with Crippen molar-refractivity contribution in [3.63, 3.8) is 0 Å². The Morgan fingerprint density at radius 3 is 2.44 bits per heavy atom. The second-order valence-electron chi connectivity index (χ2n) is 6.49. The van der Waals surface area contributed by atoms with Crippen LogP contribution in [-0.4, -0.2) is 47.7 Å². The number of anilines is 1. The van der Waals surface area contributed by atoms with E-state index in [4.69, 9.17) is 12.2 Å². The standard InChI is InChI=1S/C20H23F2N3OS/c1-15-6-2-3-7-16(15)14-24-10-12-25(13-11-24)20(27)23-17-8-4-5-9-18(17)26-19(21)22/h2-9,19H,10-14H2,1H3,(H,23,27). The number of ether oxygens (including phenoxy) is 1. The molecule has 0 saturated carbocycles. The first-order valence-corrected chi connectivity index (χ1v) is 9.30. The fourth-order valence-electron chi connectivity index (χ4n) is 3.10. The lowest BCUT2D eigenvalue weighted by atomic mass is 10.1. The molecule has 1 aliphatic rings. The number of para-hydroxylation sites is 2. The minimum absolute atomic E-state index is 0.0908. The van der Waals surface area contributed by atoms with Gasteiger partial charge in [-0.15, -0.1) is 0 Å². The fourth-order valence-corrected chi connectivity index (χ4v) is 3.39. The van der Waals surface area contributed by atoms with E-state index in [-0.39, 0.29) is 5.75 Å². The predicted molar refractivity (Wildman–Crippen MR) is 107 cm³/mol. The number of nitrogens with zero attached hydrogens (tertiary/aromatic N) is 2. The van der Waals surface area contributed by atoms with Gasteiger partial charge < -0.3 is 15.0 Å². The summed E-state index contributed by atoms with van der Waals surface area (Å²) in [5.41, 5.74) is 3.09. The summed E-state index contributed by atoms with van der Waals surface area (Å²) >= 11 is 5.47. The number of thiocarbonyl (C=S) groups is 1. The van der Waals surface area contributed by atoms with Gasteiger partial charge in [0, 0.05) is 32.7 Å². The van der Waals surface area contributed by atoms with Gasteiger partial charge >= 0.3 is 6.61 Å². The minimum Gasteiger partial charge on any atom is -0.433 e. The van der Waals surface area contributed by atoms with Gasteiger partial charge in [0.1, 0.15) is 5.75 Å². The van der Waals surface area contributed by atoms with Crippen molar-refractivity contribution in [2.45, 2.75) is 20.1 Å². The Morgan fingerprint density at radius 2 is 1.74 bits per heavy atom. The molecule has 2 aromatic carbocycles. The molecule has 0 aliphatic carbocycles. The molecule has 1 N–H and O–H groups in total. The molecule has 1 saturated heterocycles. The molecule has 2 aromatic rings. The largest absolute Gasteiger partial charge is 0.433 e. The number of aryl methyl sites for hydroxylation is 1. The Balaban J connectivity index is 1.54. The van der Waals surface area contributed by atoms with Crippen LogP contribution in [0.25, 0.3) is 0 Å². The van der Waals surface area contributed by atoms with Crippen molar-refractivity contribution in [2.24, 2.45) is 0 Å². The Kier molecular flexibility index (Phi) is 6.58. The van der Waals surface area contributed by atoms with Crippen molar-refractivity contribution < 1.29 is 13.5 Å². The van der Waals surface area contributed by atoms with Crippen LogP contribution in [0.4, 0.5) is 14.5 Å². The number of benzene rings is 2. The zero-order valence-corrected chi connectivity index (χ0v) is 16.0. The van der Waals surface area contributed by atoms with E-state index < -0.39 is 6.61 Å². The summed E-state index contributed by atoms with van der Waals surface area (Å²) in [6.45, 7) is 3.54. The van der Waals surface area contributed by atoms with Gasteiger partial charge in [-0.1, -0.05) is 36.4 Å². The molecular formula is C20H23F2N3OS. The topological polar surface area (TPSA) is 27.7 Å². The normalized spacial score (nSPS) is 15.0. The summed E-state index contributed by atoms with van der Waals surface area (Å²) in [5.74, 6) is 0.0908. The number of hydrogen-bond donors (Lipinski definition) is 1.